The first-order chi connectivity index (χ1) is 28.7. The first-order valence-corrected chi connectivity index (χ1v) is 20.3. The number of aromatic nitrogens is 2. The Kier molecular flexibility index (Phi) is 8.03. The Hall–Kier alpha value is -7.32. The summed E-state index contributed by atoms with van der Waals surface area (Å²) in [5.41, 5.74) is 17.2. The highest BCUT2D eigenvalue weighted by Gasteiger charge is 2.50. The zero-order valence-electron chi connectivity index (χ0n) is 31.3. The van der Waals surface area contributed by atoms with Crippen molar-refractivity contribution in [2.45, 2.75) is 15.2 Å². The first kappa shape index (κ1) is 34.0. The molecule has 11 rings (SSSR count). The van der Waals surface area contributed by atoms with E-state index in [2.05, 4.69) is 158 Å². The fourth-order valence-corrected chi connectivity index (χ4v) is 10.1. The summed E-state index contributed by atoms with van der Waals surface area (Å²) in [6.45, 7) is 0. The van der Waals surface area contributed by atoms with Crippen LogP contribution in [-0.2, 0) is 5.41 Å². The van der Waals surface area contributed by atoms with Crippen molar-refractivity contribution in [3.63, 3.8) is 0 Å². The van der Waals surface area contributed by atoms with Crippen molar-refractivity contribution in [1.29, 1.82) is 5.26 Å². The molecule has 58 heavy (non-hydrogen) atoms. The molecule has 8 aromatic carbocycles. The maximum absolute atomic E-state index is 9.49. The third-order valence-electron chi connectivity index (χ3n) is 11.6. The van der Waals surface area contributed by atoms with Gasteiger partial charge < -0.3 is 0 Å². The predicted octanol–water partition coefficient (Wildman–Crippen LogP) is 13.5. The van der Waals surface area contributed by atoms with Crippen LogP contribution >= 0.6 is 11.8 Å². The number of fused-ring (bicyclic) bond motifs is 9. The monoisotopic (exact) mass is 755 g/mol. The van der Waals surface area contributed by atoms with Crippen molar-refractivity contribution in [1.82, 2.24) is 9.97 Å². The second-order valence-corrected chi connectivity index (χ2v) is 15.9. The van der Waals surface area contributed by atoms with Crippen LogP contribution in [0.1, 0.15) is 27.8 Å². The molecule has 0 saturated carbocycles. The zero-order valence-corrected chi connectivity index (χ0v) is 32.1. The minimum atomic E-state index is -0.527. The minimum absolute atomic E-state index is 0.527. The van der Waals surface area contributed by atoms with Crippen molar-refractivity contribution in [2.75, 3.05) is 0 Å². The second-order valence-electron chi connectivity index (χ2n) is 14.8. The highest BCUT2D eigenvalue weighted by Crippen LogP contribution is 2.62. The van der Waals surface area contributed by atoms with E-state index >= 15 is 0 Å². The number of benzene rings is 8. The number of hydrogen-bond acceptors (Lipinski definition) is 4. The molecule has 0 N–H and O–H groups in total. The molecule has 4 heteroatoms. The molecule has 2 heterocycles. The summed E-state index contributed by atoms with van der Waals surface area (Å²) >= 11 is 1.85. The Labute approximate surface area is 342 Å². The quantitative estimate of drug-likeness (QED) is 0.175. The summed E-state index contributed by atoms with van der Waals surface area (Å²) in [6.07, 6.45) is 0. The van der Waals surface area contributed by atoms with Crippen molar-refractivity contribution < 1.29 is 0 Å². The Bertz CT molecular complexity index is 3020. The summed E-state index contributed by atoms with van der Waals surface area (Å²) in [6, 6.07) is 73.3. The Morgan fingerprint density at radius 1 is 0.379 bits per heavy atom. The summed E-state index contributed by atoms with van der Waals surface area (Å²) < 4.78 is 0. The molecule has 1 aliphatic heterocycles. The van der Waals surface area contributed by atoms with Gasteiger partial charge in [0.15, 0.2) is 5.82 Å². The molecule has 0 bridgehead atoms. The summed E-state index contributed by atoms with van der Waals surface area (Å²) in [4.78, 5) is 12.7. The molecule has 0 saturated heterocycles. The topological polar surface area (TPSA) is 49.6 Å². The first-order valence-electron chi connectivity index (χ1n) is 19.4. The highest BCUT2D eigenvalue weighted by molar-refractivity contribution is 7.99. The number of rotatable bonds is 5. The number of hydrogen-bond donors (Lipinski definition) is 0. The van der Waals surface area contributed by atoms with E-state index in [-0.39, 0.29) is 0 Å². The molecule has 1 spiro atoms. The van der Waals surface area contributed by atoms with E-state index in [1.54, 1.807) is 0 Å². The largest absolute Gasteiger partial charge is 0.228 e. The third kappa shape index (κ3) is 5.44. The molecule has 0 amide bonds. The Morgan fingerprint density at radius 3 is 1.55 bits per heavy atom. The average Bonchev–Trinajstić information content (AvgIpc) is 3.59. The van der Waals surface area contributed by atoms with E-state index in [1.807, 2.05) is 60.3 Å². The van der Waals surface area contributed by atoms with Crippen LogP contribution in [0.15, 0.2) is 210 Å². The van der Waals surface area contributed by atoms with Gasteiger partial charge in [0, 0.05) is 26.5 Å². The molecular formula is C54H33N3S. The van der Waals surface area contributed by atoms with Crippen LogP contribution in [0.5, 0.6) is 0 Å². The van der Waals surface area contributed by atoms with E-state index in [4.69, 9.17) is 9.97 Å². The van der Waals surface area contributed by atoms with E-state index in [0.29, 0.717) is 11.4 Å². The molecule has 0 radical (unpaired) electrons. The molecule has 1 aromatic heterocycles. The van der Waals surface area contributed by atoms with E-state index in [9.17, 15) is 5.26 Å². The van der Waals surface area contributed by atoms with Gasteiger partial charge in [-0.05, 0) is 98.1 Å². The summed E-state index contributed by atoms with van der Waals surface area (Å²) in [5, 5.41) is 9.49. The molecule has 3 nitrogen and oxygen atoms in total. The molecule has 0 fully saturated rings. The van der Waals surface area contributed by atoms with Gasteiger partial charge in [0.05, 0.1) is 28.4 Å². The van der Waals surface area contributed by atoms with Crippen LogP contribution in [0.4, 0.5) is 0 Å². The van der Waals surface area contributed by atoms with Crippen molar-refractivity contribution in [3.8, 4) is 73.4 Å². The van der Waals surface area contributed by atoms with Crippen LogP contribution in [0.2, 0.25) is 0 Å². The van der Waals surface area contributed by atoms with Gasteiger partial charge in [-0.3, -0.25) is 0 Å². The summed E-state index contributed by atoms with van der Waals surface area (Å²) in [5.74, 6) is 0.696. The molecule has 1 unspecified atom stereocenters. The smallest absolute Gasteiger partial charge is 0.160 e. The second kappa shape index (κ2) is 13.7. The van der Waals surface area contributed by atoms with Gasteiger partial charge >= 0.3 is 0 Å². The van der Waals surface area contributed by atoms with Gasteiger partial charge in [-0.1, -0.05) is 169 Å². The van der Waals surface area contributed by atoms with Gasteiger partial charge in [0.2, 0.25) is 0 Å². The van der Waals surface area contributed by atoms with E-state index in [0.717, 1.165) is 50.3 Å². The standard InChI is InChI=1S/C54H33N3S/c55-34-35-19-21-36(22-20-35)41-27-29-44-43-15-7-8-16-45(43)54(47(44)31-41)46-17-9-10-18-51(46)58-52-30-28-42(32-48(52)54)37-23-25-40(26-24-37)53-56-49(38-11-3-1-4-12-38)33-50(57-53)39-13-5-2-6-14-39/h1-33H. The third-order valence-corrected chi connectivity index (χ3v) is 12.8. The van der Waals surface area contributed by atoms with Gasteiger partial charge in [-0.25, -0.2) is 9.97 Å². The lowest BCUT2D eigenvalue weighted by atomic mass is 9.66. The van der Waals surface area contributed by atoms with Crippen molar-refractivity contribution >= 4 is 11.8 Å². The van der Waals surface area contributed by atoms with E-state index < -0.39 is 5.41 Å². The molecule has 9 aromatic rings. The van der Waals surface area contributed by atoms with Crippen molar-refractivity contribution in [2.24, 2.45) is 0 Å². The van der Waals surface area contributed by atoms with Gasteiger partial charge in [-0.2, -0.15) is 5.26 Å². The van der Waals surface area contributed by atoms with Crippen LogP contribution in [0, 0.1) is 11.3 Å². The fourth-order valence-electron chi connectivity index (χ4n) is 8.90. The van der Waals surface area contributed by atoms with Gasteiger partial charge in [0.25, 0.3) is 0 Å². The fraction of sp³-hybridized carbons (Fsp3) is 0.0185. The Balaban J connectivity index is 1.06. The van der Waals surface area contributed by atoms with Crippen LogP contribution in [0.25, 0.3) is 67.3 Å². The average molecular weight is 756 g/mol. The maximum Gasteiger partial charge on any atom is 0.160 e. The van der Waals surface area contributed by atoms with Crippen LogP contribution in [0.3, 0.4) is 0 Å². The highest BCUT2D eigenvalue weighted by atomic mass is 32.2. The number of nitriles is 1. The Morgan fingerprint density at radius 2 is 0.879 bits per heavy atom. The normalized spacial score (nSPS) is 14.5. The molecule has 1 atom stereocenters. The van der Waals surface area contributed by atoms with Crippen LogP contribution in [-0.4, -0.2) is 9.97 Å². The van der Waals surface area contributed by atoms with Crippen molar-refractivity contribution in [3.05, 3.63) is 228 Å². The number of nitrogens with zero attached hydrogens (tertiary/aromatic N) is 3. The SMILES string of the molecule is N#Cc1ccc(-c2ccc3c(c2)C2(c4ccccc4Sc4ccc(-c5ccc(-c6nc(-c7ccccc7)cc(-c7ccccc7)n6)cc5)cc42)c2ccccc2-3)cc1. The zero-order chi connectivity index (χ0) is 38.6. The summed E-state index contributed by atoms with van der Waals surface area (Å²) in [7, 11) is 0. The lowest BCUT2D eigenvalue weighted by Gasteiger charge is -2.40. The van der Waals surface area contributed by atoms with E-state index in [1.165, 1.54) is 43.2 Å². The lowest BCUT2D eigenvalue weighted by Crippen LogP contribution is -2.32. The van der Waals surface area contributed by atoms with Crippen LogP contribution < -0.4 is 0 Å². The lowest BCUT2D eigenvalue weighted by molar-refractivity contribution is 0.723. The van der Waals surface area contributed by atoms with Gasteiger partial charge in [0.1, 0.15) is 0 Å². The predicted molar refractivity (Wildman–Crippen MR) is 235 cm³/mol. The molecule has 270 valence electrons. The maximum atomic E-state index is 9.49. The minimum Gasteiger partial charge on any atom is -0.228 e. The molecule has 2 aliphatic rings. The van der Waals surface area contributed by atoms with Gasteiger partial charge in [-0.15, -0.1) is 0 Å². The molecule has 1 aliphatic carbocycles. The molecular weight excluding hydrogens is 723 g/mol.